The van der Waals surface area contributed by atoms with Crippen LogP contribution >= 0.6 is 0 Å². The second kappa shape index (κ2) is 6.68. The highest BCUT2D eigenvalue weighted by molar-refractivity contribution is 6.04. The van der Waals surface area contributed by atoms with E-state index in [4.69, 9.17) is 5.11 Å². The van der Waals surface area contributed by atoms with Gasteiger partial charge in [-0.3, -0.25) is 9.48 Å². The van der Waals surface area contributed by atoms with E-state index in [0.717, 1.165) is 5.56 Å². The predicted molar refractivity (Wildman–Crippen MR) is 78.7 cm³/mol. The Labute approximate surface area is 122 Å². The first-order valence-corrected chi connectivity index (χ1v) is 6.47. The maximum absolute atomic E-state index is 12.1. The van der Waals surface area contributed by atoms with Gasteiger partial charge in [-0.25, -0.2) is 4.98 Å². The van der Waals surface area contributed by atoms with Gasteiger partial charge in [0.1, 0.15) is 5.82 Å². The van der Waals surface area contributed by atoms with Gasteiger partial charge in [0.2, 0.25) is 0 Å². The van der Waals surface area contributed by atoms with Crippen molar-refractivity contribution in [2.45, 2.75) is 13.3 Å². The van der Waals surface area contributed by atoms with Crippen LogP contribution in [-0.2, 0) is 7.05 Å². The highest BCUT2D eigenvalue weighted by atomic mass is 16.2. The lowest BCUT2D eigenvalue weighted by atomic mass is 10.2. The summed E-state index contributed by atoms with van der Waals surface area (Å²) in [5.74, 6) is 5.89. The van der Waals surface area contributed by atoms with Crippen molar-refractivity contribution in [1.82, 2.24) is 14.8 Å². The van der Waals surface area contributed by atoms with Gasteiger partial charge >= 0.3 is 0 Å². The topological polar surface area (TPSA) is 80.0 Å². The summed E-state index contributed by atoms with van der Waals surface area (Å²) in [6.07, 6.45) is 3.66. The number of hydrogen-bond donors (Lipinski definition) is 2. The molecule has 1 amide bonds. The minimum absolute atomic E-state index is 0.0297. The summed E-state index contributed by atoms with van der Waals surface area (Å²) in [4.78, 5) is 16.2. The number of aliphatic hydroxyl groups is 1. The fourth-order valence-electron chi connectivity index (χ4n) is 1.80. The van der Waals surface area contributed by atoms with E-state index >= 15 is 0 Å². The molecule has 0 aliphatic rings. The van der Waals surface area contributed by atoms with Gasteiger partial charge in [-0.15, -0.1) is 0 Å². The van der Waals surface area contributed by atoms with Crippen molar-refractivity contribution in [1.29, 1.82) is 0 Å². The molecule has 21 heavy (non-hydrogen) atoms. The molecule has 2 rings (SSSR count). The second-order valence-electron chi connectivity index (χ2n) is 4.46. The number of carbonyl (C=O) groups is 1. The zero-order valence-electron chi connectivity index (χ0n) is 11.9. The zero-order chi connectivity index (χ0) is 15.2. The van der Waals surface area contributed by atoms with E-state index in [9.17, 15) is 4.79 Å². The lowest BCUT2D eigenvalue weighted by molar-refractivity contribution is 0.102. The Hall–Kier alpha value is -2.65. The van der Waals surface area contributed by atoms with Gasteiger partial charge < -0.3 is 10.4 Å². The standard InChI is InChI=1S/C15H16N4O2/c1-11-13(10-19(2)18-11)15(21)17-14-9-12(6-7-16-14)5-3-4-8-20/h6-7,9-10,20H,4,8H2,1-2H3,(H,16,17,21). The van der Waals surface area contributed by atoms with Crippen LogP contribution in [0, 0.1) is 18.8 Å². The molecular weight excluding hydrogens is 268 g/mol. The van der Waals surface area contributed by atoms with Crippen molar-refractivity contribution in [3.05, 3.63) is 41.3 Å². The summed E-state index contributed by atoms with van der Waals surface area (Å²) in [5, 5.41) is 15.5. The summed E-state index contributed by atoms with van der Waals surface area (Å²) >= 11 is 0. The Bertz CT molecular complexity index is 710. The lowest BCUT2D eigenvalue weighted by Crippen LogP contribution is -2.13. The van der Waals surface area contributed by atoms with Crippen LogP contribution < -0.4 is 5.32 Å². The monoisotopic (exact) mass is 284 g/mol. The van der Waals surface area contributed by atoms with Gasteiger partial charge in [0, 0.05) is 31.4 Å². The highest BCUT2D eigenvalue weighted by Gasteiger charge is 2.13. The molecule has 0 spiro atoms. The second-order valence-corrected chi connectivity index (χ2v) is 4.46. The number of hydrogen-bond acceptors (Lipinski definition) is 4. The van der Waals surface area contributed by atoms with Crippen LogP contribution in [0.15, 0.2) is 24.5 Å². The summed E-state index contributed by atoms with van der Waals surface area (Å²) in [6, 6.07) is 3.43. The third-order valence-electron chi connectivity index (χ3n) is 2.73. The number of nitrogens with one attached hydrogen (secondary N) is 1. The Kier molecular flexibility index (Phi) is 4.69. The molecule has 0 atom stereocenters. The van der Waals surface area contributed by atoms with Gasteiger partial charge in [0.25, 0.3) is 5.91 Å². The number of aryl methyl sites for hydroxylation is 2. The van der Waals surface area contributed by atoms with E-state index in [1.807, 2.05) is 0 Å². The number of amides is 1. The molecule has 2 aromatic heterocycles. The molecule has 0 aromatic carbocycles. The summed E-state index contributed by atoms with van der Waals surface area (Å²) in [7, 11) is 1.76. The molecule has 0 radical (unpaired) electrons. The van der Waals surface area contributed by atoms with Crippen molar-refractivity contribution < 1.29 is 9.90 Å². The molecule has 2 N–H and O–H groups in total. The van der Waals surface area contributed by atoms with E-state index in [1.54, 1.807) is 43.2 Å². The van der Waals surface area contributed by atoms with Gasteiger partial charge in [0.15, 0.2) is 0 Å². The summed E-state index contributed by atoms with van der Waals surface area (Å²) in [5.41, 5.74) is 1.90. The highest BCUT2D eigenvalue weighted by Crippen LogP contribution is 2.10. The Balaban J connectivity index is 2.13. The molecule has 0 aliphatic heterocycles. The SMILES string of the molecule is Cc1nn(C)cc1C(=O)Nc1cc(C#CCCO)ccn1. The largest absolute Gasteiger partial charge is 0.395 e. The first-order chi connectivity index (χ1) is 10.1. The molecule has 0 saturated heterocycles. The third-order valence-corrected chi connectivity index (χ3v) is 2.73. The van der Waals surface area contributed by atoms with E-state index in [-0.39, 0.29) is 12.5 Å². The van der Waals surface area contributed by atoms with Crippen molar-refractivity contribution in [3.8, 4) is 11.8 Å². The van der Waals surface area contributed by atoms with Gasteiger partial charge in [0.05, 0.1) is 17.9 Å². The molecular formula is C15H16N4O2. The molecule has 108 valence electrons. The van der Waals surface area contributed by atoms with E-state index < -0.39 is 0 Å². The van der Waals surface area contributed by atoms with Crippen LogP contribution in [-0.4, -0.2) is 32.4 Å². The Morgan fingerprint density at radius 1 is 1.52 bits per heavy atom. The number of rotatable bonds is 3. The average molecular weight is 284 g/mol. The molecule has 0 fully saturated rings. The van der Waals surface area contributed by atoms with E-state index in [0.29, 0.717) is 23.5 Å². The predicted octanol–water partition coefficient (Wildman–Crippen LogP) is 1.11. The number of aromatic nitrogens is 3. The first kappa shape index (κ1) is 14.8. The molecule has 2 heterocycles. The zero-order valence-corrected chi connectivity index (χ0v) is 11.9. The lowest BCUT2D eigenvalue weighted by Gasteiger charge is -2.03. The number of aliphatic hydroxyl groups excluding tert-OH is 1. The normalized spacial score (nSPS) is 9.86. The van der Waals surface area contributed by atoms with Crippen molar-refractivity contribution in [3.63, 3.8) is 0 Å². The van der Waals surface area contributed by atoms with Crippen LogP contribution in [0.1, 0.15) is 28.0 Å². The minimum Gasteiger partial charge on any atom is -0.395 e. The first-order valence-electron chi connectivity index (χ1n) is 6.47. The van der Waals surface area contributed by atoms with E-state index in [2.05, 4.69) is 27.2 Å². The van der Waals surface area contributed by atoms with Gasteiger partial charge in [-0.05, 0) is 19.1 Å². The third kappa shape index (κ3) is 3.91. The number of carbonyl (C=O) groups excluding carboxylic acids is 1. The molecule has 6 heteroatoms. The Morgan fingerprint density at radius 2 is 2.33 bits per heavy atom. The van der Waals surface area contributed by atoms with Crippen LogP contribution in [0.2, 0.25) is 0 Å². The van der Waals surface area contributed by atoms with Gasteiger partial charge in [-0.1, -0.05) is 11.8 Å². The number of pyridine rings is 1. The van der Waals surface area contributed by atoms with Crippen LogP contribution in [0.25, 0.3) is 0 Å². The number of anilines is 1. The average Bonchev–Trinajstić information content (AvgIpc) is 2.78. The maximum Gasteiger partial charge on any atom is 0.260 e. The smallest absolute Gasteiger partial charge is 0.260 e. The summed E-state index contributed by atoms with van der Waals surface area (Å²) in [6.45, 7) is 1.81. The van der Waals surface area contributed by atoms with Gasteiger partial charge in [-0.2, -0.15) is 5.10 Å². The molecule has 0 aliphatic carbocycles. The molecule has 6 nitrogen and oxygen atoms in total. The van der Waals surface area contributed by atoms with Crippen LogP contribution in [0.4, 0.5) is 5.82 Å². The molecule has 2 aromatic rings. The minimum atomic E-state index is -0.256. The van der Waals surface area contributed by atoms with Crippen molar-refractivity contribution >= 4 is 11.7 Å². The molecule has 0 saturated carbocycles. The number of nitrogens with zero attached hydrogens (tertiary/aromatic N) is 3. The van der Waals surface area contributed by atoms with E-state index in [1.165, 1.54) is 0 Å². The summed E-state index contributed by atoms with van der Waals surface area (Å²) < 4.78 is 1.59. The molecule has 0 unspecified atom stereocenters. The van der Waals surface area contributed by atoms with Crippen LogP contribution in [0.3, 0.4) is 0 Å². The fourth-order valence-corrected chi connectivity index (χ4v) is 1.80. The Morgan fingerprint density at radius 3 is 3.00 bits per heavy atom. The maximum atomic E-state index is 12.1. The quantitative estimate of drug-likeness (QED) is 0.827. The van der Waals surface area contributed by atoms with Crippen LogP contribution in [0.5, 0.6) is 0 Å². The molecule has 0 bridgehead atoms. The van der Waals surface area contributed by atoms with Crippen molar-refractivity contribution in [2.24, 2.45) is 7.05 Å². The van der Waals surface area contributed by atoms with Crippen molar-refractivity contribution in [2.75, 3.05) is 11.9 Å². The fraction of sp³-hybridized carbons (Fsp3) is 0.267.